The molecule has 80 valence electrons. The van der Waals surface area contributed by atoms with Crippen LogP contribution in [0, 0.1) is 0 Å². The highest BCUT2D eigenvalue weighted by Crippen LogP contribution is 2.38. The van der Waals surface area contributed by atoms with Crippen molar-refractivity contribution in [3.8, 4) is 11.4 Å². The fraction of sp³-hybridized carbons (Fsp3) is 0.273. The number of nitrogens with zero attached hydrogens (tertiary/aromatic N) is 4. The number of pyridine rings is 1. The van der Waals surface area contributed by atoms with E-state index >= 15 is 0 Å². The maximum Gasteiger partial charge on any atom is 0.223 e. The van der Waals surface area contributed by atoms with Crippen molar-refractivity contribution >= 4 is 5.95 Å². The lowest BCUT2D eigenvalue weighted by Crippen LogP contribution is -2.04. The van der Waals surface area contributed by atoms with Gasteiger partial charge in [0.15, 0.2) is 5.82 Å². The molecule has 2 N–H and O–H groups in total. The van der Waals surface area contributed by atoms with Crippen LogP contribution in [0.15, 0.2) is 24.5 Å². The van der Waals surface area contributed by atoms with Crippen molar-refractivity contribution in [1.82, 2.24) is 19.9 Å². The van der Waals surface area contributed by atoms with Crippen LogP contribution in [0.25, 0.3) is 11.4 Å². The van der Waals surface area contributed by atoms with E-state index in [1.165, 1.54) is 0 Å². The Hall–Kier alpha value is -2.04. The number of aromatic nitrogens is 4. The minimum absolute atomic E-state index is 0.288. The fourth-order valence-electron chi connectivity index (χ4n) is 1.56. The van der Waals surface area contributed by atoms with E-state index in [2.05, 4.69) is 19.9 Å². The quantitative estimate of drug-likeness (QED) is 0.815. The van der Waals surface area contributed by atoms with E-state index in [0.29, 0.717) is 11.7 Å². The first kappa shape index (κ1) is 9.21. The minimum Gasteiger partial charge on any atom is -0.368 e. The van der Waals surface area contributed by atoms with Gasteiger partial charge in [0.05, 0.1) is 0 Å². The number of anilines is 1. The Labute approximate surface area is 92.8 Å². The Morgan fingerprint density at radius 3 is 2.75 bits per heavy atom. The normalized spacial score (nSPS) is 15.0. The molecule has 3 rings (SSSR count). The number of nitrogen functional groups attached to an aromatic ring is 1. The molecule has 2 heterocycles. The van der Waals surface area contributed by atoms with Gasteiger partial charge in [0.2, 0.25) is 5.95 Å². The molecule has 1 aliphatic carbocycles. The molecule has 1 aliphatic rings. The summed E-state index contributed by atoms with van der Waals surface area (Å²) in [6, 6.07) is 3.77. The molecule has 0 saturated heterocycles. The van der Waals surface area contributed by atoms with Crippen LogP contribution in [0.4, 0.5) is 5.95 Å². The minimum atomic E-state index is 0.288. The van der Waals surface area contributed by atoms with Crippen molar-refractivity contribution in [3.63, 3.8) is 0 Å². The fourth-order valence-corrected chi connectivity index (χ4v) is 1.56. The van der Waals surface area contributed by atoms with Gasteiger partial charge in [-0.15, -0.1) is 0 Å². The topological polar surface area (TPSA) is 77.6 Å². The molecular formula is C11H11N5. The molecule has 2 aromatic rings. The lowest BCUT2D eigenvalue weighted by molar-refractivity contribution is 0.901. The van der Waals surface area contributed by atoms with E-state index in [-0.39, 0.29) is 5.95 Å². The maximum absolute atomic E-state index is 5.68. The average Bonchev–Trinajstić information content (AvgIpc) is 3.13. The number of hydrogen-bond acceptors (Lipinski definition) is 5. The zero-order chi connectivity index (χ0) is 11.0. The van der Waals surface area contributed by atoms with Crippen LogP contribution in [-0.4, -0.2) is 19.9 Å². The van der Waals surface area contributed by atoms with Crippen LogP contribution in [0.3, 0.4) is 0 Å². The summed E-state index contributed by atoms with van der Waals surface area (Å²) < 4.78 is 0. The second-order valence-electron chi connectivity index (χ2n) is 3.89. The summed E-state index contributed by atoms with van der Waals surface area (Å²) >= 11 is 0. The van der Waals surface area contributed by atoms with Crippen molar-refractivity contribution in [1.29, 1.82) is 0 Å². The largest absolute Gasteiger partial charge is 0.368 e. The molecule has 0 aromatic carbocycles. The molecule has 0 spiro atoms. The zero-order valence-corrected chi connectivity index (χ0v) is 8.67. The summed E-state index contributed by atoms with van der Waals surface area (Å²) in [6.45, 7) is 0. The van der Waals surface area contributed by atoms with Crippen molar-refractivity contribution in [2.45, 2.75) is 18.8 Å². The molecule has 0 aliphatic heterocycles. The Balaban J connectivity index is 2.06. The third kappa shape index (κ3) is 1.71. The Morgan fingerprint density at radius 1 is 1.19 bits per heavy atom. The molecule has 5 nitrogen and oxygen atoms in total. The van der Waals surface area contributed by atoms with E-state index in [9.17, 15) is 0 Å². The SMILES string of the molecule is Nc1nc(-c2cccnc2)nc(C2CC2)n1. The summed E-state index contributed by atoms with van der Waals surface area (Å²) in [5.74, 6) is 2.19. The number of rotatable bonds is 2. The van der Waals surface area contributed by atoms with Gasteiger partial charge < -0.3 is 5.73 Å². The standard InChI is InChI=1S/C11H11N5/c12-11-15-9(7-3-4-7)14-10(16-11)8-2-1-5-13-6-8/h1-2,5-7H,3-4H2,(H2,12,14,15,16). The number of hydrogen-bond donors (Lipinski definition) is 1. The van der Waals surface area contributed by atoms with Crippen LogP contribution < -0.4 is 5.73 Å². The van der Waals surface area contributed by atoms with Crippen LogP contribution >= 0.6 is 0 Å². The first-order valence-corrected chi connectivity index (χ1v) is 5.25. The average molecular weight is 213 g/mol. The molecule has 2 aromatic heterocycles. The molecule has 0 unspecified atom stereocenters. The lowest BCUT2D eigenvalue weighted by atomic mass is 10.2. The van der Waals surface area contributed by atoms with Gasteiger partial charge in [-0.05, 0) is 25.0 Å². The highest BCUT2D eigenvalue weighted by Gasteiger charge is 2.27. The van der Waals surface area contributed by atoms with Crippen LogP contribution in [0.5, 0.6) is 0 Å². The highest BCUT2D eigenvalue weighted by molar-refractivity contribution is 5.54. The molecule has 0 radical (unpaired) electrons. The Kier molecular flexibility index (Phi) is 2.02. The second kappa shape index (κ2) is 3.52. The van der Waals surface area contributed by atoms with E-state index in [0.717, 1.165) is 24.2 Å². The smallest absolute Gasteiger partial charge is 0.223 e. The van der Waals surface area contributed by atoms with Crippen LogP contribution in [-0.2, 0) is 0 Å². The third-order valence-corrected chi connectivity index (χ3v) is 2.53. The lowest BCUT2D eigenvalue weighted by Gasteiger charge is -2.03. The van der Waals surface area contributed by atoms with Gasteiger partial charge in [-0.2, -0.15) is 9.97 Å². The molecule has 5 heteroatoms. The predicted molar refractivity (Wildman–Crippen MR) is 59.4 cm³/mol. The molecule has 1 saturated carbocycles. The van der Waals surface area contributed by atoms with Gasteiger partial charge in [-0.1, -0.05) is 0 Å². The van der Waals surface area contributed by atoms with Crippen LogP contribution in [0.1, 0.15) is 24.6 Å². The first-order chi connectivity index (χ1) is 7.83. The van der Waals surface area contributed by atoms with Gasteiger partial charge in [-0.25, -0.2) is 4.98 Å². The monoisotopic (exact) mass is 213 g/mol. The van der Waals surface area contributed by atoms with Crippen molar-refractivity contribution in [3.05, 3.63) is 30.4 Å². The molecule has 0 atom stereocenters. The molecular weight excluding hydrogens is 202 g/mol. The van der Waals surface area contributed by atoms with Crippen LogP contribution in [0.2, 0.25) is 0 Å². The van der Waals surface area contributed by atoms with E-state index < -0.39 is 0 Å². The molecule has 16 heavy (non-hydrogen) atoms. The van der Waals surface area contributed by atoms with E-state index in [4.69, 9.17) is 5.73 Å². The molecule has 1 fully saturated rings. The second-order valence-corrected chi connectivity index (χ2v) is 3.89. The van der Waals surface area contributed by atoms with E-state index in [1.54, 1.807) is 12.4 Å². The van der Waals surface area contributed by atoms with Gasteiger partial charge in [0.25, 0.3) is 0 Å². The molecule has 0 bridgehead atoms. The molecule has 0 amide bonds. The summed E-state index contributed by atoms with van der Waals surface area (Å²) in [7, 11) is 0. The number of nitrogens with two attached hydrogens (primary N) is 1. The summed E-state index contributed by atoms with van der Waals surface area (Å²) in [6.07, 6.45) is 5.74. The summed E-state index contributed by atoms with van der Waals surface area (Å²) in [5, 5.41) is 0. The summed E-state index contributed by atoms with van der Waals surface area (Å²) in [4.78, 5) is 16.7. The van der Waals surface area contributed by atoms with Gasteiger partial charge in [0, 0.05) is 23.9 Å². The Morgan fingerprint density at radius 2 is 2.06 bits per heavy atom. The van der Waals surface area contributed by atoms with Crippen molar-refractivity contribution < 1.29 is 0 Å². The maximum atomic E-state index is 5.68. The highest BCUT2D eigenvalue weighted by atomic mass is 15.1. The van der Waals surface area contributed by atoms with Crippen molar-refractivity contribution in [2.24, 2.45) is 0 Å². The first-order valence-electron chi connectivity index (χ1n) is 5.25. The predicted octanol–water partition coefficient (Wildman–Crippen LogP) is 1.39. The van der Waals surface area contributed by atoms with Gasteiger partial charge in [0.1, 0.15) is 5.82 Å². The van der Waals surface area contributed by atoms with E-state index in [1.807, 2.05) is 12.1 Å². The van der Waals surface area contributed by atoms with Crippen molar-refractivity contribution in [2.75, 3.05) is 5.73 Å². The third-order valence-electron chi connectivity index (χ3n) is 2.53. The Bertz CT molecular complexity index is 507. The zero-order valence-electron chi connectivity index (χ0n) is 8.67. The van der Waals surface area contributed by atoms with Gasteiger partial charge >= 0.3 is 0 Å². The van der Waals surface area contributed by atoms with Gasteiger partial charge in [-0.3, -0.25) is 4.98 Å². The summed E-state index contributed by atoms with van der Waals surface area (Å²) in [5.41, 5.74) is 6.55.